The fraction of sp³-hybridized carbons (Fsp3) is 0.714. The SMILES string of the molecule is O=C(O)CN1CC(=O)[C@H](O)[C@H]1CO. The van der Waals surface area contributed by atoms with Gasteiger partial charge in [0.1, 0.15) is 6.10 Å². The molecule has 1 fully saturated rings. The molecule has 0 radical (unpaired) electrons. The highest BCUT2D eigenvalue weighted by atomic mass is 16.4. The molecule has 0 aromatic rings. The number of Topliss-reactive ketones (excluding diaryl/α,β-unsaturated/α-hetero) is 1. The third-order valence-electron chi connectivity index (χ3n) is 2.05. The fourth-order valence-electron chi connectivity index (χ4n) is 1.39. The first-order valence-corrected chi connectivity index (χ1v) is 3.83. The monoisotopic (exact) mass is 189 g/mol. The van der Waals surface area contributed by atoms with Crippen LogP contribution in [0.15, 0.2) is 0 Å². The Hall–Kier alpha value is -0.980. The molecule has 6 nitrogen and oxygen atoms in total. The average Bonchev–Trinajstić information content (AvgIpc) is 2.27. The predicted molar refractivity (Wildman–Crippen MR) is 41.1 cm³/mol. The molecule has 0 spiro atoms. The highest BCUT2D eigenvalue weighted by Crippen LogP contribution is 2.13. The van der Waals surface area contributed by atoms with Crippen molar-refractivity contribution in [2.75, 3.05) is 19.7 Å². The molecule has 74 valence electrons. The molecule has 3 N–H and O–H groups in total. The van der Waals surface area contributed by atoms with Crippen LogP contribution in [-0.4, -0.2) is 63.8 Å². The fourth-order valence-corrected chi connectivity index (χ4v) is 1.39. The number of carbonyl (C=O) groups excluding carboxylic acids is 1. The van der Waals surface area contributed by atoms with E-state index in [0.29, 0.717) is 0 Å². The Labute approximate surface area is 74.4 Å². The van der Waals surface area contributed by atoms with Crippen molar-refractivity contribution in [2.45, 2.75) is 12.1 Å². The number of aliphatic carboxylic acids is 1. The van der Waals surface area contributed by atoms with Crippen LogP contribution in [-0.2, 0) is 9.59 Å². The minimum absolute atomic E-state index is 0.112. The number of ketones is 1. The van der Waals surface area contributed by atoms with Crippen LogP contribution in [0.25, 0.3) is 0 Å². The van der Waals surface area contributed by atoms with Gasteiger partial charge in [-0.2, -0.15) is 0 Å². The summed E-state index contributed by atoms with van der Waals surface area (Å²) in [7, 11) is 0. The molecule has 0 unspecified atom stereocenters. The summed E-state index contributed by atoms with van der Waals surface area (Å²) < 4.78 is 0. The predicted octanol–water partition coefficient (Wildman–Crippen LogP) is -2.32. The molecule has 0 saturated carbocycles. The number of carboxylic acid groups (broad SMARTS) is 1. The quantitative estimate of drug-likeness (QED) is 0.461. The van der Waals surface area contributed by atoms with E-state index < -0.39 is 30.5 Å². The smallest absolute Gasteiger partial charge is 0.317 e. The first-order valence-electron chi connectivity index (χ1n) is 3.83. The summed E-state index contributed by atoms with van der Waals surface area (Å²) in [6, 6.07) is -0.774. The zero-order valence-electron chi connectivity index (χ0n) is 6.88. The molecule has 1 saturated heterocycles. The Bertz CT molecular complexity index is 227. The minimum atomic E-state index is -1.26. The first kappa shape index (κ1) is 10.1. The van der Waals surface area contributed by atoms with E-state index >= 15 is 0 Å². The van der Waals surface area contributed by atoms with Crippen molar-refractivity contribution in [2.24, 2.45) is 0 Å². The summed E-state index contributed by atoms with van der Waals surface area (Å²) in [5.41, 5.74) is 0. The molecule has 0 aliphatic carbocycles. The van der Waals surface area contributed by atoms with Crippen molar-refractivity contribution in [3.05, 3.63) is 0 Å². The number of nitrogens with zero attached hydrogens (tertiary/aromatic N) is 1. The summed E-state index contributed by atoms with van der Waals surface area (Å²) >= 11 is 0. The Kier molecular flexibility index (Phi) is 2.97. The van der Waals surface area contributed by atoms with Gasteiger partial charge < -0.3 is 15.3 Å². The van der Waals surface area contributed by atoms with Crippen molar-refractivity contribution >= 4 is 11.8 Å². The van der Waals surface area contributed by atoms with Crippen molar-refractivity contribution in [1.29, 1.82) is 0 Å². The lowest BCUT2D eigenvalue weighted by Gasteiger charge is -2.20. The number of hydrogen-bond acceptors (Lipinski definition) is 5. The van der Waals surface area contributed by atoms with Gasteiger partial charge in [0.15, 0.2) is 5.78 Å². The van der Waals surface area contributed by atoms with Crippen LogP contribution in [0.4, 0.5) is 0 Å². The van der Waals surface area contributed by atoms with Gasteiger partial charge in [-0.15, -0.1) is 0 Å². The van der Waals surface area contributed by atoms with Gasteiger partial charge >= 0.3 is 5.97 Å². The molecule has 1 aliphatic rings. The van der Waals surface area contributed by atoms with Crippen molar-refractivity contribution in [3.8, 4) is 0 Å². The second kappa shape index (κ2) is 3.82. The molecule has 1 aliphatic heterocycles. The summed E-state index contributed by atoms with van der Waals surface area (Å²) in [6.45, 7) is -0.868. The number of likely N-dealkylation sites (tertiary alicyclic amines) is 1. The molecule has 0 aromatic carbocycles. The van der Waals surface area contributed by atoms with Gasteiger partial charge in [0.2, 0.25) is 0 Å². The molecular formula is C7H11NO5. The summed E-state index contributed by atoms with van der Waals surface area (Å²) in [4.78, 5) is 22.5. The number of aliphatic hydroxyl groups excluding tert-OH is 2. The topological polar surface area (TPSA) is 98.1 Å². The summed E-state index contributed by atoms with van der Waals surface area (Å²) in [5, 5.41) is 26.4. The Balaban J connectivity index is 2.65. The third-order valence-corrected chi connectivity index (χ3v) is 2.05. The van der Waals surface area contributed by atoms with E-state index in [4.69, 9.17) is 10.2 Å². The van der Waals surface area contributed by atoms with Gasteiger partial charge in [-0.1, -0.05) is 0 Å². The lowest BCUT2D eigenvalue weighted by Crippen LogP contribution is -2.41. The number of aliphatic hydroxyl groups is 2. The van der Waals surface area contributed by atoms with Crippen LogP contribution in [0.5, 0.6) is 0 Å². The van der Waals surface area contributed by atoms with Gasteiger partial charge in [-0.05, 0) is 0 Å². The van der Waals surface area contributed by atoms with E-state index in [2.05, 4.69) is 0 Å². The average molecular weight is 189 g/mol. The molecule has 2 atom stereocenters. The van der Waals surface area contributed by atoms with Crippen LogP contribution in [0, 0.1) is 0 Å². The number of carbonyl (C=O) groups is 2. The second-order valence-corrected chi connectivity index (χ2v) is 2.96. The van der Waals surface area contributed by atoms with Crippen LogP contribution in [0.3, 0.4) is 0 Å². The van der Waals surface area contributed by atoms with Gasteiger partial charge in [0.25, 0.3) is 0 Å². The van der Waals surface area contributed by atoms with E-state index in [9.17, 15) is 14.7 Å². The van der Waals surface area contributed by atoms with Crippen molar-refractivity contribution < 1.29 is 24.9 Å². The van der Waals surface area contributed by atoms with Crippen LogP contribution < -0.4 is 0 Å². The van der Waals surface area contributed by atoms with Gasteiger partial charge in [-0.25, -0.2) is 0 Å². The minimum Gasteiger partial charge on any atom is -0.480 e. The van der Waals surface area contributed by atoms with Crippen LogP contribution >= 0.6 is 0 Å². The molecular weight excluding hydrogens is 178 g/mol. The Morgan fingerprint density at radius 1 is 1.62 bits per heavy atom. The van der Waals surface area contributed by atoms with Crippen LogP contribution in [0.1, 0.15) is 0 Å². The standard InChI is InChI=1S/C7H11NO5/c9-3-4-7(13)5(10)1-8(4)2-6(11)12/h4,7,9,13H,1-3H2,(H,11,12)/t4-,7-/m1/s1. The lowest BCUT2D eigenvalue weighted by atomic mass is 10.2. The molecule has 0 aromatic heterocycles. The highest BCUT2D eigenvalue weighted by Gasteiger charge is 2.39. The molecule has 13 heavy (non-hydrogen) atoms. The Morgan fingerprint density at radius 2 is 2.23 bits per heavy atom. The normalized spacial score (nSPS) is 29.5. The van der Waals surface area contributed by atoms with Crippen LogP contribution in [0.2, 0.25) is 0 Å². The largest absolute Gasteiger partial charge is 0.480 e. The van der Waals surface area contributed by atoms with Crippen molar-refractivity contribution in [3.63, 3.8) is 0 Å². The van der Waals surface area contributed by atoms with Crippen molar-refractivity contribution in [1.82, 2.24) is 4.90 Å². The lowest BCUT2D eigenvalue weighted by molar-refractivity contribution is -0.138. The molecule has 6 heteroatoms. The van der Waals surface area contributed by atoms with E-state index in [-0.39, 0.29) is 13.1 Å². The first-order chi connectivity index (χ1) is 6.06. The van der Waals surface area contributed by atoms with Gasteiger partial charge in [0.05, 0.1) is 25.7 Å². The van der Waals surface area contributed by atoms with Gasteiger partial charge in [0, 0.05) is 0 Å². The second-order valence-electron chi connectivity index (χ2n) is 2.96. The highest BCUT2D eigenvalue weighted by molar-refractivity contribution is 5.88. The number of rotatable bonds is 3. The molecule has 1 rings (SSSR count). The van der Waals surface area contributed by atoms with E-state index in [1.165, 1.54) is 4.90 Å². The molecule has 0 amide bonds. The van der Waals surface area contributed by atoms with E-state index in [0.717, 1.165) is 0 Å². The maximum atomic E-state index is 10.9. The summed E-state index contributed by atoms with van der Waals surface area (Å²) in [5.74, 6) is -1.53. The summed E-state index contributed by atoms with van der Waals surface area (Å²) in [6.07, 6.45) is -1.26. The van der Waals surface area contributed by atoms with Gasteiger partial charge in [-0.3, -0.25) is 14.5 Å². The number of carboxylic acids is 1. The number of hydrogen-bond donors (Lipinski definition) is 3. The molecule has 1 heterocycles. The zero-order valence-corrected chi connectivity index (χ0v) is 6.88. The Morgan fingerprint density at radius 3 is 2.69 bits per heavy atom. The molecule has 0 bridgehead atoms. The van der Waals surface area contributed by atoms with E-state index in [1.54, 1.807) is 0 Å². The van der Waals surface area contributed by atoms with E-state index in [1.807, 2.05) is 0 Å². The maximum Gasteiger partial charge on any atom is 0.317 e. The maximum absolute atomic E-state index is 10.9. The zero-order chi connectivity index (χ0) is 10.0. The third kappa shape index (κ3) is 2.03.